The van der Waals surface area contributed by atoms with Crippen molar-refractivity contribution in [2.24, 2.45) is 0 Å². The molecule has 1 amide bonds. The molecule has 0 spiro atoms. The van der Waals surface area contributed by atoms with Crippen molar-refractivity contribution in [1.82, 2.24) is 10.2 Å². The van der Waals surface area contributed by atoms with E-state index in [2.05, 4.69) is 15.5 Å². The zero-order valence-electron chi connectivity index (χ0n) is 14.2. The molecule has 0 aliphatic carbocycles. The molecule has 134 valence electrons. The zero-order valence-corrected chi connectivity index (χ0v) is 15.1. The van der Waals surface area contributed by atoms with E-state index in [9.17, 15) is 18.0 Å². The van der Waals surface area contributed by atoms with Crippen LogP contribution in [0.15, 0.2) is 52.2 Å². The second-order valence-electron chi connectivity index (χ2n) is 6.02. The van der Waals surface area contributed by atoms with Gasteiger partial charge >= 0.3 is 0 Å². The normalized spacial score (nSPS) is 11.5. The zero-order chi connectivity index (χ0) is 18.9. The third-order valence-corrected chi connectivity index (χ3v) is 5.12. The average Bonchev–Trinajstić information content (AvgIpc) is 2.58. The summed E-state index contributed by atoms with van der Waals surface area (Å²) >= 11 is 0. The molecule has 1 heterocycles. The summed E-state index contributed by atoms with van der Waals surface area (Å²) in [7, 11) is -3.37. The standard InChI is InChI=1S/C18H17N3O4S/c1-11-7-8-12(26(2,24)25)9-15(11)19-17(22)10-16-13-5-3-4-6-14(13)18(23)21-20-16/h3-9H,10H2,1-2H3,(H,19,22)(H,21,23). The Kier molecular flexibility index (Phi) is 4.60. The Morgan fingerprint density at radius 2 is 1.85 bits per heavy atom. The summed E-state index contributed by atoms with van der Waals surface area (Å²) in [6.45, 7) is 1.77. The predicted molar refractivity (Wildman–Crippen MR) is 99.0 cm³/mol. The second-order valence-corrected chi connectivity index (χ2v) is 8.03. The fourth-order valence-electron chi connectivity index (χ4n) is 2.62. The monoisotopic (exact) mass is 371 g/mol. The van der Waals surface area contributed by atoms with E-state index in [-0.39, 0.29) is 22.8 Å². The number of aromatic nitrogens is 2. The van der Waals surface area contributed by atoms with Gasteiger partial charge in [0.1, 0.15) is 0 Å². The van der Waals surface area contributed by atoms with Crippen LogP contribution in [0.3, 0.4) is 0 Å². The molecule has 0 unspecified atom stereocenters. The van der Waals surface area contributed by atoms with Gasteiger partial charge in [0.05, 0.1) is 22.4 Å². The molecule has 0 saturated heterocycles. The molecule has 26 heavy (non-hydrogen) atoms. The molecule has 0 fully saturated rings. The van der Waals surface area contributed by atoms with Crippen LogP contribution in [0, 0.1) is 6.92 Å². The molecule has 0 bridgehead atoms. The Hall–Kier alpha value is -3.00. The number of hydrogen-bond acceptors (Lipinski definition) is 5. The van der Waals surface area contributed by atoms with Crippen LogP contribution in [-0.2, 0) is 21.1 Å². The molecule has 3 aromatic rings. The van der Waals surface area contributed by atoms with Gasteiger partial charge in [0.2, 0.25) is 5.91 Å². The van der Waals surface area contributed by atoms with E-state index in [4.69, 9.17) is 0 Å². The topological polar surface area (TPSA) is 109 Å². The quantitative estimate of drug-likeness (QED) is 0.727. The lowest BCUT2D eigenvalue weighted by molar-refractivity contribution is -0.115. The van der Waals surface area contributed by atoms with Gasteiger partial charge < -0.3 is 5.32 Å². The average molecular weight is 371 g/mol. The number of aromatic amines is 1. The number of carbonyl (C=O) groups excluding carboxylic acids is 1. The number of hydrogen-bond donors (Lipinski definition) is 2. The minimum Gasteiger partial charge on any atom is -0.325 e. The number of carbonyl (C=O) groups is 1. The fourth-order valence-corrected chi connectivity index (χ4v) is 3.27. The highest BCUT2D eigenvalue weighted by molar-refractivity contribution is 7.90. The van der Waals surface area contributed by atoms with Crippen molar-refractivity contribution in [1.29, 1.82) is 0 Å². The number of rotatable bonds is 4. The summed E-state index contributed by atoms with van der Waals surface area (Å²) in [4.78, 5) is 24.4. The number of H-pyrrole nitrogens is 1. The van der Waals surface area contributed by atoms with Crippen LogP contribution < -0.4 is 10.9 Å². The lowest BCUT2D eigenvalue weighted by Crippen LogP contribution is -2.19. The smallest absolute Gasteiger partial charge is 0.272 e. The number of nitrogens with one attached hydrogen (secondary N) is 2. The number of nitrogens with zero attached hydrogens (tertiary/aromatic N) is 1. The van der Waals surface area contributed by atoms with Crippen LogP contribution in [0.25, 0.3) is 10.8 Å². The van der Waals surface area contributed by atoms with Gasteiger partial charge in [-0.25, -0.2) is 13.5 Å². The van der Waals surface area contributed by atoms with E-state index in [1.807, 2.05) is 0 Å². The van der Waals surface area contributed by atoms with Crippen LogP contribution >= 0.6 is 0 Å². The molecule has 0 radical (unpaired) electrons. The van der Waals surface area contributed by atoms with Crippen molar-refractivity contribution < 1.29 is 13.2 Å². The first-order valence-electron chi connectivity index (χ1n) is 7.82. The molecule has 7 nitrogen and oxygen atoms in total. The molecular weight excluding hydrogens is 354 g/mol. The lowest BCUT2D eigenvalue weighted by atomic mass is 10.1. The molecule has 8 heteroatoms. The Labute approximate surface area is 150 Å². The summed E-state index contributed by atoms with van der Waals surface area (Å²) in [6, 6.07) is 11.5. The third-order valence-electron chi connectivity index (χ3n) is 4.01. The van der Waals surface area contributed by atoms with Gasteiger partial charge in [0, 0.05) is 17.3 Å². The van der Waals surface area contributed by atoms with Crippen LogP contribution in [0.4, 0.5) is 5.69 Å². The number of anilines is 1. The Morgan fingerprint density at radius 1 is 1.15 bits per heavy atom. The largest absolute Gasteiger partial charge is 0.325 e. The van der Waals surface area contributed by atoms with Crippen molar-refractivity contribution in [3.05, 3.63) is 64.1 Å². The van der Waals surface area contributed by atoms with E-state index >= 15 is 0 Å². The molecule has 3 rings (SSSR count). The van der Waals surface area contributed by atoms with Crippen molar-refractivity contribution in [2.45, 2.75) is 18.2 Å². The van der Waals surface area contributed by atoms with Gasteiger partial charge in [-0.05, 0) is 30.7 Å². The lowest BCUT2D eigenvalue weighted by Gasteiger charge is -2.10. The summed E-state index contributed by atoms with van der Waals surface area (Å²) < 4.78 is 23.4. The van der Waals surface area contributed by atoms with E-state index in [1.54, 1.807) is 37.3 Å². The summed E-state index contributed by atoms with van der Waals surface area (Å²) in [5, 5.41) is 10.1. The van der Waals surface area contributed by atoms with E-state index in [1.165, 1.54) is 12.1 Å². The van der Waals surface area contributed by atoms with Crippen molar-refractivity contribution in [3.8, 4) is 0 Å². The molecule has 1 aromatic heterocycles. The van der Waals surface area contributed by atoms with E-state index in [0.717, 1.165) is 11.8 Å². The Balaban J connectivity index is 1.89. The third kappa shape index (κ3) is 3.65. The second kappa shape index (κ2) is 6.72. The van der Waals surface area contributed by atoms with Crippen LogP contribution in [0.2, 0.25) is 0 Å². The summed E-state index contributed by atoms with van der Waals surface area (Å²) in [5.74, 6) is -0.358. The van der Waals surface area contributed by atoms with Crippen molar-refractivity contribution in [2.75, 3.05) is 11.6 Å². The minimum atomic E-state index is -3.37. The van der Waals surface area contributed by atoms with Gasteiger partial charge in [0.25, 0.3) is 5.56 Å². The van der Waals surface area contributed by atoms with Crippen LogP contribution in [-0.4, -0.2) is 30.8 Å². The number of amides is 1. The number of aryl methyl sites for hydroxylation is 1. The van der Waals surface area contributed by atoms with Crippen LogP contribution in [0.1, 0.15) is 11.3 Å². The first kappa shape index (κ1) is 17.8. The van der Waals surface area contributed by atoms with Crippen molar-refractivity contribution >= 4 is 32.2 Å². The molecule has 0 saturated carbocycles. The molecule has 2 aromatic carbocycles. The number of benzene rings is 2. The van der Waals surface area contributed by atoms with E-state index in [0.29, 0.717) is 22.2 Å². The minimum absolute atomic E-state index is 0.0557. The SMILES string of the molecule is Cc1ccc(S(C)(=O)=O)cc1NC(=O)Cc1n[nH]c(=O)c2ccccc12. The summed E-state index contributed by atoms with van der Waals surface area (Å²) in [5.41, 5.74) is 1.28. The fraction of sp³-hybridized carbons (Fsp3) is 0.167. The van der Waals surface area contributed by atoms with Crippen molar-refractivity contribution in [3.63, 3.8) is 0 Å². The number of sulfone groups is 1. The predicted octanol–water partition coefficient (Wildman–Crippen LogP) is 1.82. The molecule has 2 N–H and O–H groups in total. The first-order chi connectivity index (χ1) is 12.3. The van der Waals surface area contributed by atoms with Gasteiger partial charge in [-0.15, -0.1) is 0 Å². The Morgan fingerprint density at radius 3 is 2.54 bits per heavy atom. The first-order valence-corrected chi connectivity index (χ1v) is 9.72. The maximum Gasteiger partial charge on any atom is 0.272 e. The van der Waals surface area contributed by atoms with E-state index < -0.39 is 9.84 Å². The van der Waals surface area contributed by atoms with Gasteiger partial charge in [-0.2, -0.15) is 5.10 Å². The summed E-state index contributed by atoms with van der Waals surface area (Å²) in [6.07, 6.45) is 1.06. The van der Waals surface area contributed by atoms with Crippen LogP contribution in [0.5, 0.6) is 0 Å². The highest BCUT2D eigenvalue weighted by atomic mass is 32.2. The highest BCUT2D eigenvalue weighted by Gasteiger charge is 2.14. The highest BCUT2D eigenvalue weighted by Crippen LogP contribution is 2.21. The maximum absolute atomic E-state index is 12.4. The van der Waals surface area contributed by atoms with Gasteiger partial charge in [-0.1, -0.05) is 24.3 Å². The Bertz CT molecular complexity index is 1170. The van der Waals surface area contributed by atoms with Gasteiger partial charge in [0.15, 0.2) is 9.84 Å². The maximum atomic E-state index is 12.4. The molecular formula is C18H17N3O4S. The number of fused-ring (bicyclic) bond motifs is 1. The molecule has 0 atom stereocenters. The van der Waals surface area contributed by atoms with Gasteiger partial charge in [-0.3, -0.25) is 9.59 Å². The molecule has 0 aliphatic rings. The molecule has 0 aliphatic heterocycles.